The molecule has 0 aliphatic rings. The van der Waals surface area contributed by atoms with Crippen molar-refractivity contribution >= 4 is 21.8 Å². The van der Waals surface area contributed by atoms with E-state index in [0.717, 1.165) is 11.1 Å². The minimum Gasteiger partial charge on any atom is -0.396 e. The lowest BCUT2D eigenvalue weighted by atomic mass is 10.1. The van der Waals surface area contributed by atoms with Gasteiger partial charge in [0.1, 0.15) is 6.04 Å². The van der Waals surface area contributed by atoms with Crippen LogP contribution in [0.2, 0.25) is 0 Å². The van der Waals surface area contributed by atoms with E-state index in [1.165, 1.54) is 12.1 Å². The van der Waals surface area contributed by atoms with Crippen LogP contribution in [-0.2, 0) is 32.6 Å². The molecule has 33 heavy (non-hydrogen) atoms. The van der Waals surface area contributed by atoms with Crippen LogP contribution in [0.5, 0.6) is 0 Å². The lowest BCUT2D eigenvalue weighted by Crippen LogP contribution is -2.47. The number of rotatable bonds is 13. The number of hydrogen-bond acceptors (Lipinski definition) is 5. The summed E-state index contributed by atoms with van der Waals surface area (Å²) in [4.78, 5) is 27.4. The Labute approximate surface area is 196 Å². The number of hydrogen-bond donors (Lipinski definition) is 3. The van der Waals surface area contributed by atoms with Crippen molar-refractivity contribution in [2.75, 3.05) is 19.7 Å². The molecule has 2 rings (SSSR count). The Balaban J connectivity index is 2.08. The van der Waals surface area contributed by atoms with Gasteiger partial charge >= 0.3 is 0 Å². The predicted octanol–water partition coefficient (Wildman–Crippen LogP) is 1.83. The zero-order chi connectivity index (χ0) is 24.3. The second-order valence-electron chi connectivity index (χ2n) is 7.70. The van der Waals surface area contributed by atoms with Crippen LogP contribution in [0, 0.1) is 0 Å². The van der Waals surface area contributed by atoms with Crippen molar-refractivity contribution in [1.82, 2.24) is 14.9 Å². The molecular weight excluding hydrogens is 442 g/mol. The topological polar surface area (TPSA) is 116 Å². The average Bonchev–Trinajstić information content (AvgIpc) is 2.81. The van der Waals surface area contributed by atoms with Crippen molar-refractivity contribution < 1.29 is 23.1 Å². The van der Waals surface area contributed by atoms with Crippen LogP contribution >= 0.6 is 0 Å². The molecule has 2 aromatic rings. The summed E-state index contributed by atoms with van der Waals surface area (Å²) in [6, 6.07) is 15.2. The molecule has 2 amide bonds. The number of aryl methyl sites for hydroxylation is 1. The van der Waals surface area contributed by atoms with E-state index in [4.69, 9.17) is 5.11 Å². The van der Waals surface area contributed by atoms with Gasteiger partial charge in [0.15, 0.2) is 0 Å². The number of aliphatic hydroxyl groups is 1. The van der Waals surface area contributed by atoms with Crippen LogP contribution in [0.25, 0.3) is 0 Å². The number of amides is 2. The first-order valence-electron chi connectivity index (χ1n) is 11.1. The highest BCUT2D eigenvalue weighted by molar-refractivity contribution is 7.89. The van der Waals surface area contributed by atoms with E-state index in [1.807, 2.05) is 30.3 Å². The number of sulfonamides is 1. The molecule has 3 N–H and O–H groups in total. The molecule has 0 aromatic heterocycles. The Hall–Kier alpha value is -2.75. The molecule has 0 radical (unpaired) electrons. The zero-order valence-corrected chi connectivity index (χ0v) is 20.0. The van der Waals surface area contributed by atoms with Crippen LogP contribution < -0.4 is 10.0 Å². The molecule has 8 nitrogen and oxygen atoms in total. The fourth-order valence-electron chi connectivity index (χ4n) is 3.30. The Bertz CT molecular complexity index is 995. The third kappa shape index (κ3) is 8.27. The Morgan fingerprint density at radius 3 is 2.30 bits per heavy atom. The third-order valence-electron chi connectivity index (χ3n) is 5.19. The van der Waals surface area contributed by atoms with E-state index in [2.05, 4.69) is 10.0 Å². The number of aliphatic hydroxyl groups excluding tert-OH is 1. The van der Waals surface area contributed by atoms with Gasteiger partial charge in [-0.1, -0.05) is 49.4 Å². The van der Waals surface area contributed by atoms with Crippen molar-refractivity contribution in [3.63, 3.8) is 0 Å². The lowest BCUT2D eigenvalue weighted by molar-refractivity contribution is -0.140. The maximum absolute atomic E-state index is 13.1. The van der Waals surface area contributed by atoms with Crippen LogP contribution in [0.1, 0.15) is 37.8 Å². The maximum Gasteiger partial charge on any atom is 0.242 e. The molecule has 9 heteroatoms. The van der Waals surface area contributed by atoms with Gasteiger partial charge in [0.05, 0.1) is 4.90 Å². The summed E-state index contributed by atoms with van der Waals surface area (Å²) in [5.74, 6) is -0.446. The fraction of sp³-hybridized carbons (Fsp3) is 0.417. The molecule has 0 spiro atoms. The van der Waals surface area contributed by atoms with E-state index >= 15 is 0 Å². The largest absolute Gasteiger partial charge is 0.396 e. The zero-order valence-electron chi connectivity index (χ0n) is 19.2. The molecule has 0 heterocycles. The van der Waals surface area contributed by atoms with Crippen LogP contribution in [0.15, 0.2) is 59.5 Å². The van der Waals surface area contributed by atoms with Crippen molar-refractivity contribution in [1.29, 1.82) is 0 Å². The minimum atomic E-state index is -3.52. The van der Waals surface area contributed by atoms with E-state index in [0.29, 0.717) is 32.5 Å². The summed E-state index contributed by atoms with van der Waals surface area (Å²) in [5.41, 5.74) is 1.75. The van der Waals surface area contributed by atoms with Gasteiger partial charge in [0.2, 0.25) is 21.8 Å². The smallest absolute Gasteiger partial charge is 0.242 e. The summed E-state index contributed by atoms with van der Waals surface area (Å²) in [5, 5.41) is 11.7. The summed E-state index contributed by atoms with van der Waals surface area (Å²) in [7, 11) is -3.52. The van der Waals surface area contributed by atoms with Gasteiger partial charge in [-0.15, -0.1) is 0 Å². The monoisotopic (exact) mass is 475 g/mol. The molecular formula is C24H33N3O5S. The molecule has 1 atom stereocenters. The second kappa shape index (κ2) is 13.1. The summed E-state index contributed by atoms with van der Waals surface area (Å²) >= 11 is 0. The van der Waals surface area contributed by atoms with E-state index in [-0.39, 0.29) is 29.7 Å². The van der Waals surface area contributed by atoms with E-state index < -0.39 is 16.1 Å². The molecule has 0 fully saturated rings. The third-order valence-corrected chi connectivity index (χ3v) is 6.75. The van der Waals surface area contributed by atoms with Gasteiger partial charge in [0, 0.05) is 32.7 Å². The van der Waals surface area contributed by atoms with Crippen molar-refractivity contribution in [2.45, 2.75) is 50.6 Å². The number of carbonyl (C=O) groups is 2. The number of nitrogens with one attached hydrogen (secondary N) is 2. The predicted molar refractivity (Wildman–Crippen MR) is 127 cm³/mol. The molecule has 0 saturated carbocycles. The average molecular weight is 476 g/mol. The van der Waals surface area contributed by atoms with Gasteiger partial charge in [-0.25, -0.2) is 13.1 Å². The number of nitrogens with zero attached hydrogens (tertiary/aromatic N) is 1. The molecule has 2 aromatic carbocycles. The van der Waals surface area contributed by atoms with E-state index in [1.54, 1.807) is 30.9 Å². The Kier molecular flexibility index (Phi) is 10.5. The maximum atomic E-state index is 13.1. The molecule has 0 unspecified atom stereocenters. The van der Waals surface area contributed by atoms with Crippen LogP contribution in [0.4, 0.5) is 0 Å². The Morgan fingerprint density at radius 1 is 1.03 bits per heavy atom. The van der Waals surface area contributed by atoms with Gasteiger partial charge in [-0.3, -0.25) is 9.59 Å². The molecule has 0 saturated heterocycles. The first-order chi connectivity index (χ1) is 15.8. The highest BCUT2D eigenvalue weighted by atomic mass is 32.2. The second-order valence-corrected chi connectivity index (χ2v) is 9.46. The quantitative estimate of drug-likeness (QED) is 0.382. The summed E-state index contributed by atoms with van der Waals surface area (Å²) in [6.45, 7) is 4.34. The summed E-state index contributed by atoms with van der Waals surface area (Å²) < 4.78 is 26.6. The first kappa shape index (κ1) is 26.5. The Morgan fingerprint density at radius 2 is 1.70 bits per heavy atom. The highest BCUT2D eigenvalue weighted by Gasteiger charge is 2.25. The lowest BCUT2D eigenvalue weighted by Gasteiger charge is -2.29. The summed E-state index contributed by atoms with van der Waals surface area (Å²) in [6.07, 6.45) is 1.05. The van der Waals surface area contributed by atoms with Crippen molar-refractivity contribution in [2.24, 2.45) is 0 Å². The number of benzene rings is 2. The van der Waals surface area contributed by atoms with Gasteiger partial charge in [-0.2, -0.15) is 0 Å². The molecule has 0 aliphatic carbocycles. The molecule has 0 bridgehead atoms. The van der Waals surface area contributed by atoms with Gasteiger partial charge < -0.3 is 15.3 Å². The van der Waals surface area contributed by atoms with Crippen LogP contribution in [-0.4, -0.2) is 56.0 Å². The SMILES string of the molecule is CCNS(=O)(=O)c1ccc(CCC(=O)N(Cc2ccccc2)[C@H](C)C(=O)NCCCO)cc1. The standard InChI is InChI=1S/C24H33N3O5S/c1-3-26-33(31,32)22-13-10-20(11-14-22)12-15-23(29)27(18-21-8-5-4-6-9-21)19(2)24(30)25-16-7-17-28/h4-6,8-11,13-14,19,26,28H,3,7,12,15-18H2,1-2H3,(H,25,30)/t19-/m1/s1. The minimum absolute atomic E-state index is 0.0179. The van der Waals surface area contributed by atoms with Crippen molar-refractivity contribution in [3.8, 4) is 0 Å². The number of carbonyl (C=O) groups excluding carboxylic acids is 2. The molecule has 0 aliphatic heterocycles. The fourth-order valence-corrected chi connectivity index (χ4v) is 4.35. The van der Waals surface area contributed by atoms with Crippen LogP contribution in [0.3, 0.4) is 0 Å². The first-order valence-corrected chi connectivity index (χ1v) is 12.6. The van der Waals surface area contributed by atoms with Gasteiger partial charge in [-0.05, 0) is 43.0 Å². The molecule has 180 valence electrons. The highest BCUT2D eigenvalue weighted by Crippen LogP contribution is 2.15. The normalized spacial score (nSPS) is 12.2. The van der Waals surface area contributed by atoms with Crippen molar-refractivity contribution in [3.05, 3.63) is 65.7 Å². The van der Waals surface area contributed by atoms with E-state index in [9.17, 15) is 18.0 Å². The van der Waals surface area contributed by atoms with Gasteiger partial charge in [0.25, 0.3) is 0 Å².